The van der Waals surface area contributed by atoms with Crippen molar-refractivity contribution in [2.75, 3.05) is 5.32 Å². The molecule has 7 heteroatoms. The molecule has 6 nitrogen and oxygen atoms in total. The first kappa shape index (κ1) is 14.0. The van der Waals surface area contributed by atoms with Crippen molar-refractivity contribution in [1.29, 1.82) is 0 Å². The Labute approximate surface area is 137 Å². The van der Waals surface area contributed by atoms with Gasteiger partial charge in [0.25, 0.3) is 0 Å². The fourth-order valence-corrected chi connectivity index (χ4v) is 3.46. The highest BCUT2D eigenvalue weighted by atomic mass is 32.1. The molecule has 0 unspecified atom stereocenters. The second-order valence-corrected chi connectivity index (χ2v) is 6.75. The lowest BCUT2D eigenvalue weighted by molar-refractivity contribution is 0.768. The first-order chi connectivity index (χ1) is 11.1. The van der Waals surface area contributed by atoms with E-state index in [2.05, 4.69) is 40.3 Å². The average Bonchev–Trinajstić information content (AvgIpc) is 3.20. The van der Waals surface area contributed by atoms with Gasteiger partial charge in [0.15, 0.2) is 11.5 Å². The summed E-state index contributed by atoms with van der Waals surface area (Å²) < 4.78 is 3.81. The van der Waals surface area contributed by atoms with Gasteiger partial charge in [-0.15, -0.1) is 11.3 Å². The summed E-state index contributed by atoms with van der Waals surface area (Å²) in [5.74, 6) is 0.754. The van der Waals surface area contributed by atoms with Crippen molar-refractivity contribution >= 4 is 27.8 Å². The number of aryl methyl sites for hydroxylation is 3. The van der Waals surface area contributed by atoms with E-state index in [4.69, 9.17) is 0 Å². The lowest BCUT2D eigenvalue weighted by Gasteiger charge is -2.05. The Bertz CT molecular complexity index is 974. The first-order valence-corrected chi connectivity index (χ1v) is 8.08. The topological polar surface area (TPSA) is 60.0 Å². The summed E-state index contributed by atoms with van der Waals surface area (Å²) in [6.45, 7) is 4.23. The van der Waals surface area contributed by atoms with E-state index in [0.717, 1.165) is 27.7 Å². The minimum absolute atomic E-state index is 0.754. The Morgan fingerprint density at radius 1 is 1.17 bits per heavy atom. The largest absolute Gasteiger partial charge is 0.329 e. The molecule has 116 valence electrons. The van der Waals surface area contributed by atoms with E-state index in [1.807, 2.05) is 36.2 Å². The number of hydrogen-bond donors (Lipinski definition) is 1. The van der Waals surface area contributed by atoms with Gasteiger partial charge >= 0.3 is 0 Å². The van der Waals surface area contributed by atoms with E-state index >= 15 is 0 Å². The van der Waals surface area contributed by atoms with Crippen molar-refractivity contribution in [1.82, 2.24) is 24.1 Å². The van der Waals surface area contributed by atoms with E-state index in [9.17, 15) is 0 Å². The van der Waals surface area contributed by atoms with Crippen LogP contribution >= 0.6 is 11.3 Å². The number of anilines is 2. The van der Waals surface area contributed by atoms with E-state index in [0.29, 0.717) is 0 Å². The SMILES string of the molecule is Cc1cc(Nc2nccn3c(-c4cnn(C)c4)cnc23)sc1C. The molecule has 0 aliphatic carbocycles. The molecule has 0 radical (unpaired) electrons. The quantitative estimate of drug-likeness (QED) is 0.626. The molecule has 0 atom stereocenters. The van der Waals surface area contributed by atoms with E-state index in [-0.39, 0.29) is 0 Å². The first-order valence-electron chi connectivity index (χ1n) is 7.27. The van der Waals surface area contributed by atoms with Gasteiger partial charge in [-0.2, -0.15) is 5.10 Å². The molecule has 0 amide bonds. The van der Waals surface area contributed by atoms with E-state index < -0.39 is 0 Å². The van der Waals surface area contributed by atoms with Crippen LogP contribution in [-0.2, 0) is 7.05 Å². The summed E-state index contributed by atoms with van der Waals surface area (Å²) in [6, 6.07) is 2.14. The standard InChI is InChI=1S/C16H16N6S/c1-10-6-14(23-11(10)2)20-15-16-18-8-13(22(16)5-4-17-15)12-7-19-21(3)9-12/h4-9H,1-3H3,(H,17,20). The van der Waals surface area contributed by atoms with Crippen molar-refractivity contribution in [3.05, 3.63) is 47.5 Å². The van der Waals surface area contributed by atoms with Gasteiger partial charge < -0.3 is 5.32 Å². The molecule has 4 rings (SSSR count). The van der Waals surface area contributed by atoms with Crippen LogP contribution in [0, 0.1) is 13.8 Å². The van der Waals surface area contributed by atoms with Gasteiger partial charge in [-0.3, -0.25) is 9.08 Å². The van der Waals surface area contributed by atoms with Crippen LogP contribution in [0.25, 0.3) is 16.9 Å². The Hall–Kier alpha value is -2.67. The van der Waals surface area contributed by atoms with Gasteiger partial charge in [0, 0.05) is 36.1 Å². The third-order valence-corrected chi connectivity index (χ3v) is 4.90. The maximum atomic E-state index is 4.54. The monoisotopic (exact) mass is 324 g/mol. The predicted molar refractivity (Wildman–Crippen MR) is 92.3 cm³/mol. The zero-order chi connectivity index (χ0) is 16.0. The molecule has 4 aromatic rings. The van der Waals surface area contributed by atoms with Gasteiger partial charge in [-0.1, -0.05) is 0 Å². The zero-order valence-corrected chi connectivity index (χ0v) is 13.9. The number of nitrogens with one attached hydrogen (secondary N) is 1. The van der Waals surface area contributed by atoms with Crippen molar-refractivity contribution in [3.63, 3.8) is 0 Å². The molecule has 0 spiro atoms. The van der Waals surface area contributed by atoms with Crippen LogP contribution in [0.1, 0.15) is 10.4 Å². The number of rotatable bonds is 3. The fourth-order valence-electron chi connectivity index (χ4n) is 2.53. The third kappa shape index (κ3) is 2.39. The normalized spacial score (nSPS) is 11.3. The fraction of sp³-hybridized carbons (Fsp3) is 0.188. The molecule has 4 heterocycles. The maximum absolute atomic E-state index is 4.54. The highest BCUT2D eigenvalue weighted by Crippen LogP contribution is 2.30. The number of nitrogens with zero attached hydrogens (tertiary/aromatic N) is 5. The van der Waals surface area contributed by atoms with Crippen molar-refractivity contribution in [3.8, 4) is 11.3 Å². The van der Waals surface area contributed by atoms with Crippen LogP contribution < -0.4 is 5.32 Å². The van der Waals surface area contributed by atoms with Crippen LogP contribution in [0.15, 0.2) is 37.1 Å². The van der Waals surface area contributed by atoms with Crippen LogP contribution in [0.3, 0.4) is 0 Å². The van der Waals surface area contributed by atoms with Gasteiger partial charge in [-0.25, -0.2) is 9.97 Å². The number of imidazole rings is 1. The Morgan fingerprint density at radius 3 is 2.74 bits per heavy atom. The Kier molecular flexibility index (Phi) is 3.16. The lowest BCUT2D eigenvalue weighted by Crippen LogP contribution is -1.97. The molecule has 23 heavy (non-hydrogen) atoms. The summed E-state index contributed by atoms with van der Waals surface area (Å²) in [4.78, 5) is 10.3. The number of hydrogen-bond acceptors (Lipinski definition) is 5. The summed E-state index contributed by atoms with van der Waals surface area (Å²) in [5, 5.41) is 8.69. The molecule has 0 aliphatic rings. The van der Waals surface area contributed by atoms with Crippen molar-refractivity contribution < 1.29 is 0 Å². The van der Waals surface area contributed by atoms with Gasteiger partial charge in [0.05, 0.1) is 23.1 Å². The average molecular weight is 324 g/mol. The Morgan fingerprint density at radius 2 is 2.04 bits per heavy atom. The van der Waals surface area contributed by atoms with E-state index in [1.165, 1.54) is 10.4 Å². The van der Waals surface area contributed by atoms with E-state index in [1.54, 1.807) is 22.2 Å². The van der Waals surface area contributed by atoms with Crippen LogP contribution in [0.5, 0.6) is 0 Å². The van der Waals surface area contributed by atoms with Gasteiger partial charge in [0.2, 0.25) is 0 Å². The number of thiophene rings is 1. The molecule has 1 N–H and O–H groups in total. The minimum atomic E-state index is 0.754. The highest BCUT2D eigenvalue weighted by Gasteiger charge is 2.12. The molecule has 0 fully saturated rings. The van der Waals surface area contributed by atoms with Crippen LogP contribution in [0.4, 0.5) is 10.8 Å². The Balaban J connectivity index is 1.78. The molecule has 0 saturated heterocycles. The molecule has 0 aromatic carbocycles. The minimum Gasteiger partial charge on any atom is -0.329 e. The summed E-state index contributed by atoms with van der Waals surface area (Å²) in [7, 11) is 1.91. The van der Waals surface area contributed by atoms with Crippen molar-refractivity contribution in [2.45, 2.75) is 13.8 Å². The second kappa shape index (κ2) is 5.20. The number of fused-ring (bicyclic) bond motifs is 1. The third-order valence-electron chi connectivity index (χ3n) is 3.84. The van der Waals surface area contributed by atoms with Crippen LogP contribution in [0.2, 0.25) is 0 Å². The highest BCUT2D eigenvalue weighted by molar-refractivity contribution is 7.16. The summed E-state index contributed by atoms with van der Waals surface area (Å²) >= 11 is 1.72. The van der Waals surface area contributed by atoms with Crippen molar-refractivity contribution in [2.24, 2.45) is 7.05 Å². The van der Waals surface area contributed by atoms with Gasteiger partial charge in [-0.05, 0) is 25.5 Å². The maximum Gasteiger partial charge on any atom is 0.180 e. The molecular weight excluding hydrogens is 308 g/mol. The second-order valence-electron chi connectivity index (χ2n) is 5.49. The molecule has 0 aliphatic heterocycles. The zero-order valence-electron chi connectivity index (χ0n) is 13.1. The lowest BCUT2D eigenvalue weighted by atomic mass is 10.3. The molecule has 4 aromatic heterocycles. The van der Waals surface area contributed by atoms with Crippen LogP contribution in [-0.4, -0.2) is 24.1 Å². The predicted octanol–water partition coefficient (Wildman–Crippen LogP) is 3.55. The van der Waals surface area contributed by atoms with Gasteiger partial charge in [0.1, 0.15) is 0 Å². The summed E-state index contributed by atoms with van der Waals surface area (Å²) in [6.07, 6.45) is 9.36. The smallest absolute Gasteiger partial charge is 0.180 e. The summed E-state index contributed by atoms with van der Waals surface area (Å²) in [5.41, 5.74) is 4.11. The molecule has 0 saturated carbocycles. The number of aromatic nitrogens is 5. The molecular formula is C16H16N6S. The molecule has 0 bridgehead atoms.